The Balaban J connectivity index is 2.05. The molecule has 2 aromatic carbocycles. The van der Waals surface area contributed by atoms with E-state index in [1.54, 1.807) is 0 Å². The molecule has 0 heterocycles. The third-order valence-corrected chi connectivity index (χ3v) is 8.65. The molecule has 0 bridgehead atoms. The molecule has 23 heavy (non-hydrogen) atoms. The zero-order chi connectivity index (χ0) is 16.7. The Morgan fingerprint density at radius 2 is 1.61 bits per heavy atom. The zero-order valence-electron chi connectivity index (χ0n) is 14.4. The fourth-order valence-corrected chi connectivity index (χ4v) is 6.52. The largest absolute Gasteiger partial charge is 0.0917 e. The first-order valence-corrected chi connectivity index (χ1v) is 12.1. The van der Waals surface area contributed by atoms with E-state index in [0.29, 0.717) is 5.54 Å². The number of hydrogen-bond acceptors (Lipinski definition) is 0. The lowest BCUT2D eigenvalue weighted by Crippen LogP contribution is -2.35. The molecule has 0 saturated heterocycles. The molecular weight excluding hydrogens is 316 g/mol. The van der Waals surface area contributed by atoms with Gasteiger partial charge in [0.25, 0.3) is 0 Å². The molecule has 122 valence electrons. The average molecular weight is 343 g/mol. The molecule has 0 N–H and O–H groups in total. The molecule has 0 spiro atoms. The van der Waals surface area contributed by atoms with Gasteiger partial charge in [0, 0.05) is 5.02 Å². The minimum atomic E-state index is -1.37. The summed E-state index contributed by atoms with van der Waals surface area (Å²) in [6.07, 6.45) is 7.01. The highest BCUT2D eigenvalue weighted by Gasteiger charge is 2.29. The second kappa shape index (κ2) is 8.51. The summed E-state index contributed by atoms with van der Waals surface area (Å²) >= 11 is 5.98. The minimum absolute atomic E-state index is 0.698. The van der Waals surface area contributed by atoms with E-state index in [0.717, 1.165) is 11.4 Å². The number of halogens is 1. The fraction of sp³-hybridized carbons (Fsp3) is 0.333. The Morgan fingerprint density at radius 3 is 2.22 bits per heavy atom. The van der Waals surface area contributed by atoms with Crippen LogP contribution in [-0.2, 0) is 12.5 Å². The van der Waals surface area contributed by atoms with Crippen LogP contribution < -0.4 is 0 Å². The van der Waals surface area contributed by atoms with Gasteiger partial charge in [-0.2, -0.15) is 0 Å². The van der Waals surface area contributed by atoms with Crippen LogP contribution in [0.15, 0.2) is 66.7 Å². The monoisotopic (exact) mass is 342 g/mol. The summed E-state index contributed by atoms with van der Waals surface area (Å²) in [5, 5.41) is 0.817. The quantitative estimate of drug-likeness (QED) is 0.387. The van der Waals surface area contributed by atoms with Crippen LogP contribution in [0.4, 0.5) is 0 Å². The van der Waals surface area contributed by atoms with Crippen molar-refractivity contribution in [3.8, 4) is 0 Å². The summed E-state index contributed by atoms with van der Waals surface area (Å²) in [5.74, 6) is 0. The lowest BCUT2D eigenvalue weighted by molar-refractivity contribution is 0.808. The van der Waals surface area contributed by atoms with Crippen LogP contribution in [0.3, 0.4) is 0 Å². The van der Waals surface area contributed by atoms with Crippen LogP contribution in [0.5, 0.6) is 0 Å². The lowest BCUT2D eigenvalue weighted by Gasteiger charge is -2.31. The van der Waals surface area contributed by atoms with Crippen LogP contribution >= 0.6 is 11.6 Å². The van der Waals surface area contributed by atoms with E-state index < -0.39 is 8.07 Å². The van der Waals surface area contributed by atoms with Gasteiger partial charge < -0.3 is 0 Å². The van der Waals surface area contributed by atoms with Gasteiger partial charge in [-0.25, -0.2) is 0 Å². The standard InChI is InChI=1S/C21H27ClSi/c1-4-8-21(16-13-18-11-14-20(22)15-12-18)23(2,3)17-19-9-6-5-7-10-19/h4-12,14-15,21H,13,16-17H2,1-3H3/b8-4+/t21-/m1/s1. The van der Waals surface area contributed by atoms with Crippen LogP contribution in [0.2, 0.25) is 23.7 Å². The van der Waals surface area contributed by atoms with Crippen LogP contribution in [-0.4, -0.2) is 8.07 Å². The van der Waals surface area contributed by atoms with Gasteiger partial charge in [-0.1, -0.05) is 84.9 Å². The molecule has 2 rings (SSSR count). The van der Waals surface area contributed by atoms with E-state index >= 15 is 0 Å². The molecule has 0 aliphatic carbocycles. The number of benzene rings is 2. The summed E-state index contributed by atoms with van der Waals surface area (Å²) in [5.41, 5.74) is 3.56. The number of aryl methyl sites for hydroxylation is 1. The minimum Gasteiger partial charge on any atom is -0.0917 e. The van der Waals surface area contributed by atoms with Gasteiger partial charge in [0.05, 0.1) is 8.07 Å². The third-order valence-electron chi connectivity index (χ3n) is 4.59. The molecule has 0 radical (unpaired) electrons. The molecule has 1 atom stereocenters. The zero-order valence-corrected chi connectivity index (χ0v) is 16.2. The Labute approximate surface area is 147 Å². The summed E-state index contributed by atoms with van der Waals surface area (Å²) in [4.78, 5) is 0. The molecule has 2 heteroatoms. The maximum atomic E-state index is 5.98. The van der Waals surface area contributed by atoms with Crippen molar-refractivity contribution in [1.29, 1.82) is 0 Å². The highest BCUT2D eigenvalue weighted by molar-refractivity contribution is 6.78. The van der Waals surface area contributed by atoms with Crippen LogP contribution in [0.1, 0.15) is 24.5 Å². The number of rotatable bonds is 7. The summed E-state index contributed by atoms with van der Waals surface area (Å²) in [6, 6.07) is 20.5. The molecule has 0 saturated carbocycles. The fourth-order valence-electron chi connectivity index (χ4n) is 3.21. The molecule has 0 unspecified atom stereocenters. The maximum Gasteiger partial charge on any atom is 0.0587 e. The van der Waals surface area contributed by atoms with Crippen molar-refractivity contribution < 1.29 is 0 Å². The SMILES string of the molecule is C/C=C/[C@H](CCc1ccc(Cl)cc1)[Si](C)(C)Cc1ccccc1. The maximum absolute atomic E-state index is 5.98. The predicted octanol–water partition coefficient (Wildman–Crippen LogP) is 6.71. The Kier molecular flexibility index (Phi) is 6.68. The van der Waals surface area contributed by atoms with E-state index in [-0.39, 0.29) is 0 Å². The van der Waals surface area contributed by atoms with E-state index in [2.05, 4.69) is 74.6 Å². The highest BCUT2D eigenvalue weighted by Crippen LogP contribution is 2.31. The smallest absolute Gasteiger partial charge is 0.0587 e. The van der Waals surface area contributed by atoms with Crippen molar-refractivity contribution in [3.05, 3.63) is 82.9 Å². The molecular formula is C21H27ClSi. The second-order valence-corrected chi connectivity index (χ2v) is 12.5. The topological polar surface area (TPSA) is 0 Å². The van der Waals surface area contributed by atoms with Gasteiger partial charge in [0.1, 0.15) is 0 Å². The number of allylic oxidation sites excluding steroid dienone is 2. The van der Waals surface area contributed by atoms with Gasteiger partial charge in [-0.05, 0) is 49.0 Å². The summed E-state index contributed by atoms with van der Waals surface area (Å²) < 4.78 is 0. The van der Waals surface area contributed by atoms with E-state index in [4.69, 9.17) is 11.6 Å². The molecule has 0 fully saturated rings. The van der Waals surface area contributed by atoms with Crippen molar-refractivity contribution >= 4 is 19.7 Å². The third kappa shape index (κ3) is 5.67. The molecule has 0 aliphatic heterocycles. The Hall–Kier alpha value is -1.31. The van der Waals surface area contributed by atoms with Crippen molar-refractivity contribution in [2.75, 3.05) is 0 Å². The summed E-state index contributed by atoms with van der Waals surface area (Å²) in [7, 11) is -1.37. The van der Waals surface area contributed by atoms with E-state index in [9.17, 15) is 0 Å². The lowest BCUT2D eigenvalue weighted by atomic mass is 10.1. The second-order valence-electron chi connectivity index (χ2n) is 6.95. The van der Waals surface area contributed by atoms with Crippen molar-refractivity contribution in [3.63, 3.8) is 0 Å². The predicted molar refractivity (Wildman–Crippen MR) is 106 cm³/mol. The Bertz CT molecular complexity index is 614. The van der Waals surface area contributed by atoms with Crippen molar-refractivity contribution in [2.45, 2.75) is 44.4 Å². The Morgan fingerprint density at radius 1 is 0.957 bits per heavy atom. The molecule has 0 aliphatic rings. The van der Waals surface area contributed by atoms with Gasteiger partial charge in [-0.15, -0.1) is 0 Å². The summed E-state index contributed by atoms with van der Waals surface area (Å²) in [6.45, 7) is 7.18. The van der Waals surface area contributed by atoms with Gasteiger partial charge in [0.15, 0.2) is 0 Å². The van der Waals surface area contributed by atoms with Crippen LogP contribution in [0, 0.1) is 0 Å². The van der Waals surface area contributed by atoms with Gasteiger partial charge in [-0.3, -0.25) is 0 Å². The normalized spacial score (nSPS) is 13.4. The first kappa shape index (κ1) is 18.0. The van der Waals surface area contributed by atoms with E-state index in [1.807, 2.05) is 12.1 Å². The van der Waals surface area contributed by atoms with E-state index in [1.165, 1.54) is 23.6 Å². The van der Waals surface area contributed by atoms with Gasteiger partial charge >= 0.3 is 0 Å². The highest BCUT2D eigenvalue weighted by atomic mass is 35.5. The molecule has 2 aromatic rings. The molecule has 0 nitrogen and oxygen atoms in total. The first-order chi connectivity index (χ1) is 11.0. The first-order valence-electron chi connectivity index (χ1n) is 8.42. The van der Waals surface area contributed by atoms with Crippen molar-refractivity contribution in [2.24, 2.45) is 0 Å². The number of hydrogen-bond donors (Lipinski definition) is 0. The van der Waals surface area contributed by atoms with Gasteiger partial charge in [0.2, 0.25) is 0 Å². The molecule has 0 aromatic heterocycles. The molecule has 0 amide bonds. The van der Waals surface area contributed by atoms with Crippen LogP contribution in [0.25, 0.3) is 0 Å². The van der Waals surface area contributed by atoms with Crippen molar-refractivity contribution in [1.82, 2.24) is 0 Å². The average Bonchev–Trinajstić information content (AvgIpc) is 2.53.